The number of nitrogens with zero attached hydrogens (tertiary/aromatic N) is 2. The van der Waals surface area contributed by atoms with Gasteiger partial charge in [0.15, 0.2) is 0 Å². The van der Waals surface area contributed by atoms with Crippen LogP contribution in [0.15, 0.2) is 22.8 Å². The van der Waals surface area contributed by atoms with Crippen LogP contribution in [0.25, 0.3) is 0 Å². The highest BCUT2D eigenvalue weighted by molar-refractivity contribution is 9.10. The van der Waals surface area contributed by atoms with E-state index in [-0.39, 0.29) is 0 Å². The molecule has 2 nitrogen and oxygen atoms in total. The minimum absolute atomic E-state index is 0.290. The summed E-state index contributed by atoms with van der Waals surface area (Å²) in [6.07, 6.45) is 1.82. The van der Waals surface area contributed by atoms with Gasteiger partial charge in [-0.3, -0.25) is 0 Å². The maximum Gasteiger partial charge on any atom is 0.129 e. The largest absolute Gasteiger partial charge is 0.359 e. The molecule has 0 aliphatic carbocycles. The van der Waals surface area contributed by atoms with Gasteiger partial charge in [-0.25, -0.2) is 4.98 Å². The van der Waals surface area contributed by atoms with Crippen LogP contribution >= 0.6 is 15.9 Å². The first-order chi connectivity index (χ1) is 6.38. The van der Waals surface area contributed by atoms with Gasteiger partial charge in [-0.1, -0.05) is 36.7 Å². The van der Waals surface area contributed by atoms with Crippen molar-refractivity contribution in [2.24, 2.45) is 5.41 Å². The van der Waals surface area contributed by atoms with Gasteiger partial charge in [-0.2, -0.15) is 0 Å². The number of pyridine rings is 1. The molecule has 1 aromatic heterocycles. The smallest absolute Gasteiger partial charge is 0.129 e. The third-order valence-electron chi connectivity index (χ3n) is 1.81. The van der Waals surface area contributed by atoms with Crippen LogP contribution in [-0.2, 0) is 0 Å². The van der Waals surface area contributed by atoms with Crippen LogP contribution in [0.5, 0.6) is 0 Å². The minimum atomic E-state index is 0.290. The molecular weight excluding hydrogens is 240 g/mol. The van der Waals surface area contributed by atoms with Gasteiger partial charge < -0.3 is 4.90 Å². The van der Waals surface area contributed by atoms with Crippen LogP contribution in [0.2, 0.25) is 0 Å². The lowest BCUT2D eigenvalue weighted by molar-refractivity contribution is 0.418. The van der Waals surface area contributed by atoms with Gasteiger partial charge in [0.25, 0.3) is 0 Å². The third-order valence-corrected chi connectivity index (χ3v) is 2.30. The van der Waals surface area contributed by atoms with Crippen LogP contribution < -0.4 is 4.90 Å². The van der Waals surface area contributed by atoms with Crippen LogP contribution in [0.4, 0.5) is 5.82 Å². The summed E-state index contributed by atoms with van der Waals surface area (Å²) in [4.78, 5) is 6.49. The van der Waals surface area contributed by atoms with Crippen molar-refractivity contribution in [2.75, 3.05) is 18.5 Å². The van der Waals surface area contributed by atoms with E-state index >= 15 is 0 Å². The fourth-order valence-corrected chi connectivity index (χ4v) is 1.72. The monoisotopic (exact) mass is 256 g/mol. The van der Waals surface area contributed by atoms with E-state index in [1.54, 1.807) is 0 Å². The molecule has 3 heteroatoms. The predicted octanol–water partition coefficient (Wildman–Crippen LogP) is 3.33. The van der Waals surface area contributed by atoms with Gasteiger partial charge in [-0.15, -0.1) is 0 Å². The summed E-state index contributed by atoms with van der Waals surface area (Å²) in [5.41, 5.74) is 0.290. The zero-order valence-corrected chi connectivity index (χ0v) is 10.8. The number of hydrogen-bond donors (Lipinski definition) is 0. The number of hydrogen-bond acceptors (Lipinski definition) is 2. The average Bonchev–Trinajstić information content (AvgIpc) is 2.01. The summed E-state index contributed by atoms with van der Waals surface area (Å²) in [5, 5.41) is 0. The van der Waals surface area contributed by atoms with Crippen LogP contribution in [0.1, 0.15) is 20.8 Å². The standard InChI is InChI=1S/C11H17BrN2/c1-11(2,3)8-14(4)10-7-9(12)5-6-13-10/h5-7H,8H2,1-4H3. The van der Waals surface area contributed by atoms with Gasteiger partial charge in [0, 0.05) is 24.3 Å². The summed E-state index contributed by atoms with van der Waals surface area (Å²) in [7, 11) is 2.07. The maximum absolute atomic E-state index is 4.32. The van der Waals surface area contributed by atoms with Crippen molar-refractivity contribution in [3.05, 3.63) is 22.8 Å². The van der Waals surface area contributed by atoms with Crippen molar-refractivity contribution in [3.63, 3.8) is 0 Å². The topological polar surface area (TPSA) is 16.1 Å². The predicted molar refractivity (Wildman–Crippen MR) is 64.7 cm³/mol. The SMILES string of the molecule is CN(CC(C)(C)C)c1cc(Br)ccn1. The Morgan fingerprint density at radius 1 is 1.43 bits per heavy atom. The first-order valence-electron chi connectivity index (χ1n) is 4.71. The summed E-state index contributed by atoms with van der Waals surface area (Å²) in [6, 6.07) is 3.97. The molecule has 78 valence electrons. The molecule has 14 heavy (non-hydrogen) atoms. The number of halogens is 1. The maximum atomic E-state index is 4.32. The molecule has 0 aliphatic heterocycles. The third kappa shape index (κ3) is 3.66. The van der Waals surface area contributed by atoms with Crippen LogP contribution in [0.3, 0.4) is 0 Å². The Morgan fingerprint density at radius 3 is 2.57 bits per heavy atom. The van der Waals surface area contributed by atoms with E-state index in [2.05, 4.69) is 53.6 Å². The van der Waals surface area contributed by atoms with Gasteiger partial charge in [0.1, 0.15) is 5.82 Å². The fraction of sp³-hybridized carbons (Fsp3) is 0.545. The summed E-state index contributed by atoms with van der Waals surface area (Å²) >= 11 is 3.44. The van der Waals surface area contributed by atoms with E-state index in [0.717, 1.165) is 16.8 Å². The van der Waals surface area contributed by atoms with Crippen molar-refractivity contribution in [3.8, 4) is 0 Å². The molecule has 0 saturated carbocycles. The highest BCUT2D eigenvalue weighted by atomic mass is 79.9. The van der Waals surface area contributed by atoms with Crippen LogP contribution in [0, 0.1) is 5.41 Å². The molecule has 1 rings (SSSR count). The van der Waals surface area contributed by atoms with E-state index in [4.69, 9.17) is 0 Å². The molecule has 1 aromatic rings. The lowest BCUT2D eigenvalue weighted by Gasteiger charge is -2.27. The number of aromatic nitrogens is 1. The highest BCUT2D eigenvalue weighted by Gasteiger charge is 2.14. The zero-order chi connectivity index (χ0) is 10.8. The van der Waals surface area contributed by atoms with E-state index < -0.39 is 0 Å². The van der Waals surface area contributed by atoms with Gasteiger partial charge in [-0.05, 0) is 17.5 Å². The number of rotatable bonds is 2. The second kappa shape index (κ2) is 4.30. The van der Waals surface area contributed by atoms with E-state index in [9.17, 15) is 0 Å². The summed E-state index contributed by atoms with van der Waals surface area (Å²) in [6.45, 7) is 7.67. The Labute approximate surface area is 94.5 Å². The van der Waals surface area contributed by atoms with Gasteiger partial charge in [0.2, 0.25) is 0 Å². The van der Waals surface area contributed by atoms with Crippen molar-refractivity contribution < 1.29 is 0 Å². The van der Waals surface area contributed by atoms with Gasteiger partial charge in [0.05, 0.1) is 0 Å². The van der Waals surface area contributed by atoms with Crippen molar-refractivity contribution in [1.82, 2.24) is 4.98 Å². The molecule has 0 spiro atoms. The Kier molecular flexibility index (Phi) is 3.53. The normalized spacial score (nSPS) is 11.5. The first kappa shape index (κ1) is 11.5. The first-order valence-corrected chi connectivity index (χ1v) is 5.50. The molecule has 0 fully saturated rings. The average molecular weight is 257 g/mol. The second-order valence-electron chi connectivity index (χ2n) is 4.75. The lowest BCUT2D eigenvalue weighted by atomic mass is 9.96. The molecular formula is C11H17BrN2. The Hall–Kier alpha value is -0.570. The van der Waals surface area contributed by atoms with Crippen molar-refractivity contribution >= 4 is 21.7 Å². The lowest BCUT2D eigenvalue weighted by Crippen LogP contribution is -2.29. The Bertz CT molecular complexity index is 304. The molecule has 0 saturated heterocycles. The molecule has 0 aliphatic rings. The van der Waals surface area contributed by atoms with E-state index in [0.29, 0.717) is 5.41 Å². The number of anilines is 1. The quantitative estimate of drug-likeness (QED) is 0.807. The zero-order valence-electron chi connectivity index (χ0n) is 9.21. The van der Waals surface area contributed by atoms with Crippen molar-refractivity contribution in [2.45, 2.75) is 20.8 Å². The molecule has 0 bridgehead atoms. The molecule has 0 N–H and O–H groups in total. The minimum Gasteiger partial charge on any atom is -0.359 e. The summed E-state index contributed by atoms with van der Waals surface area (Å²) < 4.78 is 1.07. The van der Waals surface area contributed by atoms with Gasteiger partial charge >= 0.3 is 0 Å². The fourth-order valence-electron chi connectivity index (χ4n) is 1.39. The molecule has 0 atom stereocenters. The molecule has 0 amide bonds. The molecule has 0 unspecified atom stereocenters. The highest BCUT2D eigenvalue weighted by Crippen LogP contribution is 2.20. The molecule has 0 radical (unpaired) electrons. The van der Waals surface area contributed by atoms with E-state index in [1.165, 1.54) is 0 Å². The molecule has 1 heterocycles. The van der Waals surface area contributed by atoms with E-state index in [1.807, 2.05) is 18.3 Å². The van der Waals surface area contributed by atoms with Crippen LogP contribution in [-0.4, -0.2) is 18.6 Å². The Morgan fingerprint density at radius 2 is 2.07 bits per heavy atom. The molecule has 0 aromatic carbocycles. The summed E-state index contributed by atoms with van der Waals surface area (Å²) in [5.74, 6) is 1.01. The second-order valence-corrected chi connectivity index (χ2v) is 5.66. The van der Waals surface area contributed by atoms with Crippen molar-refractivity contribution in [1.29, 1.82) is 0 Å². The Balaban J connectivity index is 2.74.